The van der Waals surface area contributed by atoms with Gasteiger partial charge in [0.1, 0.15) is 17.2 Å². The molecule has 0 aliphatic heterocycles. The van der Waals surface area contributed by atoms with Gasteiger partial charge in [-0.2, -0.15) is 4.98 Å². The van der Waals surface area contributed by atoms with Crippen molar-refractivity contribution < 1.29 is 9.21 Å². The number of nitrogens with zero attached hydrogens (tertiary/aromatic N) is 4. The maximum atomic E-state index is 12.4. The molecule has 0 aromatic carbocycles. The molecule has 1 amide bonds. The van der Waals surface area contributed by atoms with Crippen molar-refractivity contribution in [3.63, 3.8) is 0 Å². The zero-order valence-electron chi connectivity index (χ0n) is 13.8. The van der Waals surface area contributed by atoms with Gasteiger partial charge in [-0.15, -0.1) is 0 Å². The second-order valence-corrected chi connectivity index (χ2v) is 5.48. The van der Waals surface area contributed by atoms with Crippen LogP contribution in [0.25, 0.3) is 0 Å². The molecule has 0 aliphatic carbocycles. The first kappa shape index (κ1) is 15.8. The van der Waals surface area contributed by atoms with Gasteiger partial charge >= 0.3 is 0 Å². The highest BCUT2D eigenvalue weighted by Crippen LogP contribution is 2.24. The first-order valence-corrected chi connectivity index (χ1v) is 6.89. The van der Waals surface area contributed by atoms with Gasteiger partial charge in [0.05, 0.1) is 11.8 Å². The smallest absolute Gasteiger partial charge is 0.259 e. The number of nitrogens with one attached hydrogen (secondary N) is 1. The number of carbonyl (C=O) groups is 1. The van der Waals surface area contributed by atoms with Crippen LogP contribution >= 0.6 is 0 Å². The zero-order valence-corrected chi connectivity index (χ0v) is 13.8. The zero-order chi connectivity index (χ0) is 16.4. The summed E-state index contributed by atoms with van der Waals surface area (Å²) in [6.07, 6.45) is 1.61. The Kier molecular flexibility index (Phi) is 4.35. The van der Waals surface area contributed by atoms with Crippen LogP contribution in [0.1, 0.15) is 21.9 Å². The third kappa shape index (κ3) is 3.19. The van der Waals surface area contributed by atoms with E-state index in [0.29, 0.717) is 34.5 Å². The summed E-state index contributed by atoms with van der Waals surface area (Å²) in [5.74, 6) is 2.28. The van der Waals surface area contributed by atoms with Crippen LogP contribution in [0.3, 0.4) is 0 Å². The minimum atomic E-state index is -0.237. The van der Waals surface area contributed by atoms with E-state index < -0.39 is 0 Å². The molecule has 0 atom stereocenters. The molecule has 118 valence electrons. The number of amides is 1. The maximum Gasteiger partial charge on any atom is 0.259 e. The van der Waals surface area contributed by atoms with Crippen molar-refractivity contribution in [3.05, 3.63) is 29.3 Å². The largest absolute Gasteiger partial charge is 0.466 e. The standard InChI is InChI=1S/C15H21N5O2/c1-9-7-11(10(2)22-9)14(21)17-12-8-16-15(20(5)6)18-13(12)19(3)4/h7-8H,1-6H3,(H,17,21). The van der Waals surface area contributed by atoms with E-state index in [9.17, 15) is 4.79 Å². The molecular formula is C15H21N5O2. The summed E-state index contributed by atoms with van der Waals surface area (Å²) in [6.45, 7) is 3.57. The number of carbonyl (C=O) groups excluding carboxylic acids is 1. The summed E-state index contributed by atoms with van der Waals surface area (Å²) >= 11 is 0. The lowest BCUT2D eigenvalue weighted by atomic mass is 10.2. The Morgan fingerprint density at radius 2 is 1.86 bits per heavy atom. The second kappa shape index (κ2) is 6.05. The lowest BCUT2D eigenvalue weighted by Crippen LogP contribution is -2.21. The van der Waals surface area contributed by atoms with Gasteiger partial charge in [0.25, 0.3) is 5.91 Å². The number of hydrogen-bond acceptors (Lipinski definition) is 6. The summed E-state index contributed by atoms with van der Waals surface area (Å²) in [6, 6.07) is 1.72. The number of furan rings is 1. The Morgan fingerprint density at radius 1 is 1.18 bits per heavy atom. The molecule has 7 heteroatoms. The van der Waals surface area contributed by atoms with Gasteiger partial charge in [-0.1, -0.05) is 0 Å². The molecule has 1 N–H and O–H groups in total. The molecule has 0 saturated carbocycles. The molecule has 22 heavy (non-hydrogen) atoms. The van der Waals surface area contributed by atoms with Crippen LogP contribution in [-0.4, -0.2) is 44.1 Å². The normalized spacial score (nSPS) is 10.5. The summed E-state index contributed by atoms with van der Waals surface area (Å²) in [5, 5.41) is 2.84. The first-order valence-electron chi connectivity index (χ1n) is 6.89. The number of aryl methyl sites for hydroxylation is 2. The molecule has 2 aromatic rings. The highest BCUT2D eigenvalue weighted by molar-refractivity contribution is 6.06. The van der Waals surface area contributed by atoms with Crippen LogP contribution < -0.4 is 15.1 Å². The van der Waals surface area contributed by atoms with Crippen LogP contribution in [0, 0.1) is 13.8 Å². The topological polar surface area (TPSA) is 74.5 Å². The SMILES string of the molecule is Cc1cc(C(=O)Nc2cnc(N(C)C)nc2N(C)C)c(C)o1. The van der Waals surface area contributed by atoms with Gasteiger partial charge in [0, 0.05) is 28.2 Å². The Hall–Kier alpha value is -2.57. The summed E-state index contributed by atoms with van der Waals surface area (Å²) in [7, 11) is 7.46. The minimum absolute atomic E-state index is 0.237. The van der Waals surface area contributed by atoms with Gasteiger partial charge in [-0.05, 0) is 19.9 Å². The molecule has 2 heterocycles. The van der Waals surface area contributed by atoms with Crippen molar-refractivity contribution in [3.8, 4) is 0 Å². The van der Waals surface area contributed by atoms with Crippen LogP contribution in [-0.2, 0) is 0 Å². The predicted octanol–water partition coefficient (Wildman–Crippen LogP) is 2.07. The van der Waals surface area contributed by atoms with Crippen molar-refractivity contribution in [2.75, 3.05) is 43.3 Å². The second-order valence-electron chi connectivity index (χ2n) is 5.48. The number of anilines is 3. The first-order chi connectivity index (χ1) is 10.3. The molecule has 0 aliphatic rings. The van der Waals surface area contributed by atoms with Gasteiger partial charge in [-0.25, -0.2) is 4.98 Å². The van der Waals surface area contributed by atoms with Gasteiger partial charge in [-0.3, -0.25) is 4.79 Å². The van der Waals surface area contributed by atoms with Crippen molar-refractivity contribution in [2.45, 2.75) is 13.8 Å². The lowest BCUT2D eigenvalue weighted by molar-refractivity contribution is 0.102. The lowest BCUT2D eigenvalue weighted by Gasteiger charge is -2.19. The summed E-state index contributed by atoms with van der Waals surface area (Å²) in [5.41, 5.74) is 1.07. The maximum absolute atomic E-state index is 12.4. The van der Waals surface area contributed by atoms with E-state index in [1.54, 1.807) is 19.2 Å². The summed E-state index contributed by atoms with van der Waals surface area (Å²) < 4.78 is 5.39. The summed E-state index contributed by atoms with van der Waals surface area (Å²) in [4.78, 5) is 24.7. The molecule has 0 fully saturated rings. The number of hydrogen-bond donors (Lipinski definition) is 1. The Balaban J connectivity index is 2.32. The van der Waals surface area contributed by atoms with Crippen LogP contribution in [0.5, 0.6) is 0 Å². The fraction of sp³-hybridized carbons (Fsp3) is 0.400. The van der Waals surface area contributed by atoms with Gasteiger partial charge < -0.3 is 19.5 Å². The Labute approximate surface area is 130 Å². The van der Waals surface area contributed by atoms with Crippen LogP contribution in [0.2, 0.25) is 0 Å². The van der Waals surface area contributed by atoms with Crippen LogP contribution in [0.15, 0.2) is 16.7 Å². The molecular weight excluding hydrogens is 282 g/mol. The van der Waals surface area contributed by atoms with E-state index in [4.69, 9.17) is 4.42 Å². The van der Waals surface area contributed by atoms with E-state index in [1.165, 1.54) is 0 Å². The van der Waals surface area contributed by atoms with Crippen molar-refractivity contribution in [1.82, 2.24) is 9.97 Å². The molecule has 2 rings (SSSR count). The Bertz CT molecular complexity index is 691. The van der Waals surface area contributed by atoms with E-state index in [-0.39, 0.29) is 5.91 Å². The van der Waals surface area contributed by atoms with Gasteiger partial charge in [0.2, 0.25) is 5.95 Å². The molecule has 2 aromatic heterocycles. The Morgan fingerprint density at radius 3 is 2.36 bits per heavy atom. The monoisotopic (exact) mass is 303 g/mol. The molecule has 0 bridgehead atoms. The van der Waals surface area contributed by atoms with Crippen LogP contribution in [0.4, 0.5) is 17.5 Å². The predicted molar refractivity (Wildman–Crippen MR) is 86.8 cm³/mol. The third-order valence-electron chi connectivity index (χ3n) is 3.11. The number of rotatable bonds is 4. The number of aromatic nitrogens is 2. The molecule has 0 radical (unpaired) electrons. The fourth-order valence-corrected chi connectivity index (χ4v) is 2.05. The van der Waals surface area contributed by atoms with E-state index in [2.05, 4.69) is 15.3 Å². The van der Waals surface area contributed by atoms with Crippen molar-refractivity contribution in [1.29, 1.82) is 0 Å². The highest BCUT2D eigenvalue weighted by atomic mass is 16.3. The van der Waals surface area contributed by atoms with E-state index in [1.807, 2.05) is 44.9 Å². The van der Waals surface area contributed by atoms with Crippen molar-refractivity contribution in [2.24, 2.45) is 0 Å². The van der Waals surface area contributed by atoms with Gasteiger partial charge in [0.15, 0.2) is 5.82 Å². The highest BCUT2D eigenvalue weighted by Gasteiger charge is 2.17. The third-order valence-corrected chi connectivity index (χ3v) is 3.11. The van der Waals surface area contributed by atoms with E-state index in [0.717, 1.165) is 0 Å². The fourth-order valence-electron chi connectivity index (χ4n) is 2.05. The molecule has 7 nitrogen and oxygen atoms in total. The molecule has 0 saturated heterocycles. The molecule has 0 spiro atoms. The average Bonchev–Trinajstić information content (AvgIpc) is 2.77. The minimum Gasteiger partial charge on any atom is -0.466 e. The van der Waals surface area contributed by atoms with E-state index >= 15 is 0 Å². The average molecular weight is 303 g/mol. The molecule has 0 unspecified atom stereocenters. The van der Waals surface area contributed by atoms with Crippen molar-refractivity contribution >= 4 is 23.4 Å². The quantitative estimate of drug-likeness (QED) is 0.932.